The molecule has 16 heteroatoms. The van der Waals surface area contributed by atoms with Crippen LogP contribution in [-0.4, -0.2) is 74.9 Å². The Balaban J connectivity index is 1.14. The van der Waals surface area contributed by atoms with Gasteiger partial charge in [0.05, 0.1) is 45.0 Å². The van der Waals surface area contributed by atoms with E-state index in [-0.39, 0.29) is 42.6 Å². The van der Waals surface area contributed by atoms with E-state index in [4.69, 9.17) is 14.2 Å². The van der Waals surface area contributed by atoms with E-state index in [1.807, 2.05) is 30.3 Å². The van der Waals surface area contributed by atoms with Gasteiger partial charge in [0.15, 0.2) is 5.82 Å². The second-order valence-corrected chi connectivity index (χ2v) is 11.5. The van der Waals surface area contributed by atoms with Crippen LogP contribution < -0.4 is 25.0 Å². The minimum Gasteiger partial charge on any atom is -0.477 e. The average molecular weight is 666 g/mol. The smallest absolute Gasteiger partial charge is 0.423 e. The van der Waals surface area contributed by atoms with E-state index in [1.54, 1.807) is 29.7 Å². The number of anilines is 2. The summed E-state index contributed by atoms with van der Waals surface area (Å²) < 4.78 is 56.4. The Morgan fingerprint density at radius 3 is 2.33 bits per heavy atom. The van der Waals surface area contributed by atoms with Gasteiger partial charge in [-0.25, -0.2) is 24.7 Å². The van der Waals surface area contributed by atoms with E-state index in [0.29, 0.717) is 62.5 Å². The number of hydrogen-bond donors (Lipinski definition) is 2. The van der Waals surface area contributed by atoms with Gasteiger partial charge in [0, 0.05) is 48.7 Å². The number of carbonyl (C=O) groups is 1. The Morgan fingerprint density at radius 2 is 1.71 bits per heavy atom. The highest BCUT2D eigenvalue weighted by Gasteiger charge is 2.37. The summed E-state index contributed by atoms with van der Waals surface area (Å²) in [4.78, 5) is 40.6. The molecule has 48 heavy (non-hydrogen) atoms. The van der Waals surface area contributed by atoms with E-state index in [9.17, 15) is 18.0 Å². The molecule has 252 valence electrons. The Hall–Kier alpha value is -5.12. The Labute approximate surface area is 274 Å². The van der Waals surface area contributed by atoms with Crippen LogP contribution in [0.15, 0.2) is 61.3 Å². The monoisotopic (exact) mass is 665 g/mol. The summed E-state index contributed by atoms with van der Waals surface area (Å²) in [6, 6.07) is 9.11. The predicted octanol–water partition coefficient (Wildman–Crippen LogP) is 4.92. The largest absolute Gasteiger partial charge is 0.477 e. The molecule has 6 rings (SSSR count). The molecule has 0 bridgehead atoms. The van der Waals surface area contributed by atoms with Crippen LogP contribution in [0.3, 0.4) is 0 Å². The van der Waals surface area contributed by atoms with Crippen LogP contribution in [0.2, 0.25) is 0 Å². The van der Waals surface area contributed by atoms with Crippen molar-refractivity contribution in [2.45, 2.75) is 50.5 Å². The predicted molar refractivity (Wildman–Crippen MR) is 167 cm³/mol. The number of alkyl halides is 3. The summed E-state index contributed by atoms with van der Waals surface area (Å²) in [6.07, 6.45) is 4.70. The summed E-state index contributed by atoms with van der Waals surface area (Å²) in [5, 5.41) is 6.16. The summed E-state index contributed by atoms with van der Waals surface area (Å²) in [7, 11) is 1.48. The molecule has 4 aromatic rings. The third-order valence-electron chi connectivity index (χ3n) is 8.11. The summed E-state index contributed by atoms with van der Waals surface area (Å²) in [6.45, 7) is 1.28. The van der Waals surface area contributed by atoms with Crippen molar-refractivity contribution in [2.24, 2.45) is 5.92 Å². The number of benzene rings is 1. The summed E-state index contributed by atoms with van der Waals surface area (Å²) in [5.74, 6) is -0.0596. The fourth-order valence-electron chi connectivity index (χ4n) is 5.44. The highest BCUT2D eigenvalue weighted by molar-refractivity contribution is 5.91. The number of rotatable bonds is 11. The normalized spacial score (nSPS) is 18.0. The lowest BCUT2D eigenvalue weighted by atomic mass is 9.90. The van der Waals surface area contributed by atoms with Crippen molar-refractivity contribution in [2.75, 3.05) is 37.1 Å². The molecule has 3 aromatic heterocycles. The number of carbonyl (C=O) groups excluding carboxylic acids is 1. The molecule has 0 unspecified atom stereocenters. The van der Waals surface area contributed by atoms with Crippen molar-refractivity contribution in [3.8, 4) is 23.1 Å². The van der Waals surface area contributed by atoms with Gasteiger partial charge >= 0.3 is 18.2 Å². The van der Waals surface area contributed by atoms with E-state index >= 15 is 0 Å². The van der Waals surface area contributed by atoms with E-state index in [0.717, 1.165) is 11.8 Å². The second-order valence-electron chi connectivity index (χ2n) is 11.5. The third-order valence-corrected chi connectivity index (χ3v) is 8.11. The maximum absolute atomic E-state index is 13.7. The number of amides is 2. The first kappa shape index (κ1) is 32.8. The van der Waals surface area contributed by atoms with Crippen molar-refractivity contribution in [3.05, 3.63) is 72.4 Å². The van der Waals surface area contributed by atoms with Gasteiger partial charge in [-0.3, -0.25) is 9.88 Å². The van der Waals surface area contributed by atoms with Crippen LogP contribution in [0.25, 0.3) is 11.3 Å². The van der Waals surface area contributed by atoms with Crippen molar-refractivity contribution in [1.82, 2.24) is 35.2 Å². The zero-order valence-electron chi connectivity index (χ0n) is 26.1. The third kappa shape index (κ3) is 8.05. The van der Waals surface area contributed by atoms with E-state index in [2.05, 4.69) is 40.5 Å². The van der Waals surface area contributed by atoms with Crippen LogP contribution in [0.1, 0.15) is 36.8 Å². The first-order chi connectivity index (χ1) is 23.3. The van der Waals surface area contributed by atoms with Crippen LogP contribution in [0.4, 0.5) is 29.7 Å². The molecule has 1 saturated heterocycles. The molecule has 1 aliphatic carbocycles. The van der Waals surface area contributed by atoms with E-state index in [1.165, 1.54) is 7.11 Å². The van der Waals surface area contributed by atoms with Gasteiger partial charge in [-0.2, -0.15) is 18.2 Å². The molecule has 1 aliphatic heterocycles. The molecular formula is C32H34F3N9O4. The lowest BCUT2D eigenvalue weighted by molar-refractivity contribution is -0.140. The van der Waals surface area contributed by atoms with Gasteiger partial charge in [0.25, 0.3) is 0 Å². The van der Waals surface area contributed by atoms with Gasteiger partial charge in [0.1, 0.15) is 5.56 Å². The van der Waals surface area contributed by atoms with Crippen molar-refractivity contribution in [1.29, 1.82) is 0 Å². The van der Waals surface area contributed by atoms with Gasteiger partial charge < -0.3 is 24.8 Å². The molecule has 0 radical (unpaired) electrons. The number of aromatic nitrogens is 6. The maximum atomic E-state index is 13.7. The molecule has 2 aliphatic rings. The minimum atomic E-state index is -4.66. The lowest BCUT2D eigenvalue weighted by Crippen LogP contribution is -2.49. The van der Waals surface area contributed by atoms with Crippen molar-refractivity contribution in [3.63, 3.8) is 0 Å². The highest BCUT2D eigenvalue weighted by atomic mass is 19.4. The maximum Gasteiger partial charge on any atom is 0.423 e. The zero-order valence-corrected chi connectivity index (χ0v) is 26.1. The minimum absolute atomic E-state index is 0.0259. The summed E-state index contributed by atoms with van der Waals surface area (Å²) >= 11 is 0. The molecule has 2 fully saturated rings. The van der Waals surface area contributed by atoms with Crippen LogP contribution in [-0.2, 0) is 17.5 Å². The number of urea groups is 1. The molecule has 0 spiro atoms. The zero-order chi connectivity index (χ0) is 33.5. The van der Waals surface area contributed by atoms with Crippen LogP contribution in [0, 0.1) is 5.92 Å². The van der Waals surface area contributed by atoms with Crippen molar-refractivity contribution < 1.29 is 32.2 Å². The molecule has 4 heterocycles. The van der Waals surface area contributed by atoms with Crippen LogP contribution >= 0.6 is 0 Å². The molecular weight excluding hydrogens is 631 g/mol. The van der Waals surface area contributed by atoms with Gasteiger partial charge in [-0.05, 0) is 31.2 Å². The Bertz CT molecular complexity index is 1650. The molecule has 13 nitrogen and oxygen atoms in total. The summed E-state index contributed by atoms with van der Waals surface area (Å²) in [5.41, 5.74) is 1.08. The SMILES string of the molecule is COc1ncc(-c2cnc(N(C(=O)NCc3ccccc3)C3CCC(Nc4ncc(C(F)(F)F)c(OCC5COC5)n4)CC3)cn2)cn1. The molecule has 2 N–H and O–H groups in total. The first-order valence-corrected chi connectivity index (χ1v) is 15.5. The number of nitrogens with one attached hydrogen (secondary N) is 2. The quantitative estimate of drug-likeness (QED) is 0.225. The number of hydrogen-bond acceptors (Lipinski definition) is 11. The molecule has 1 saturated carbocycles. The first-order valence-electron chi connectivity index (χ1n) is 15.5. The number of nitrogens with zero attached hydrogens (tertiary/aromatic N) is 7. The fourth-order valence-corrected chi connectivity index (χ4v) is 5.44. The number of methoxy groups -OCH3 is 1. The number of halogens is 3. The van der Waals surface area contributed by atoms with Crippen LogP contribution in [0.5, 0.6) is 11.9 Å². The molecule has 1 aromatic carbocycles. The number of ether oxygens (including phenoxy) is 3. The lowest BCUT2D eigenvalue weighted by Gasteiger charge is -2.36. The Morgan fingerprint density at radius 1 is 0.958 bits per heavy atom. The van der Waals surface area contributed by atoms with E-state index < -0.39 is 17.6 Å². The van der Waals surface area contributed by atoms with Crippen molar-refractivity contribution >= 4 is 17.8 Å². The fraction of sp³-hybridized carbons (Fsp3) is 0.406. The second kappa shape index (κ2) is 14.8. The Kier molecular flexibility index (Phi) is 10.1. The highest BCUT2D eigenvalue weighted by Crippen LogP contribution is 2.36. The van der Waals surface area contributed by atoms with Gasteiger partial charge in [-0.15, -0.1) is 0 Å². The average Bonchev–Trinajstić information content (AvgIpc) is 3.08. The molecule has 2 amide bonds. The molecule has 0 atom stereocenters. The van der Waals surface area contributed by atoms with Gasteiger partial charge in [-0.1, -0.05) is 30.3 Å². The standard InChI is InChI=1S/C32H34F3N9O4/c1-46-30-39-12-22(13-40-30)26-15-37-27(16-36-26)44(31(45)41-11-20-5-3-2-4-6-20)24-9-7-23(8-10-24)42-29-38-14-25(32(33,34)35)28(43-29)48-19-21-17-47-18-21/h2-6,12-16,21,23-24H,7-11,17-19H2,1H3,(H,41,45)(H,38,42,43). The topological polar surface area (TPSA) is 149 Å². The van der Waals surface area contributed by atoms with Gasteiger partial charge in [0.2, 0.25) is 11.8 Å².